The normalized spacial score (nSPS) is 19.6. The van der Waals surface area contributed by atoms with Gasteiger partial charge in [-0.05, 0) is 54.0 Å². The van der Waals surface area contributed by atoms with Gasteiger partial charge in [0.15, 0.2) is 6.29 Å². The minimum Gasteiger partial charge on any atom is -0.348 e. The molecule has 3 aromatic rings. The molecule has 1 aliphatic heterocycles. The topological polar surface area (TPSA) is 18.5 Å². The van der Waals surface area contributed by atoms with Gasteiger partial charge in [-0.25, -0.2) is 8.78 Å². The van der Waals surface area contributed by atoms with E-state index in [1.54, 1.807) is 18.2 Å². The number of hydrogen-bond donors (Lipinski definition) is 0. The van der Waals surface area contributed by atoms with E-state index in [1.165, 1.54) is 12.1 Å². The van der Waals surface area contributed by atoms with Crippen LogP contribution in [0.15, 0.2) is 48.5 Å². The Balaban J connectivity index is 1.51. The molecule has 0 unspecified atom stereocenters. The van der Waals surface area contributed by atoms with E-state index in [2.05, 4.69) is 6.92 Å². The van der Waals surface area contributed by atoms with Crippen LogP contribution in [-0.4, -0.2) is 13.2 Å². The monoisotopic (exact) mass is 416 g/mol. The number of rotatable bonds is 5. The molecule has 0 N–H and O–H groups in total. The van der Waals surface area contributed by atoms with E-state index in [1.807, 2.05) is 18.2 Å². The molecule has 1 aliphatic rings. The van der Waals surface area contributed by atoms with Crippen molar-refractivity contribution >= 4 is 22.4 Å². The lowest BCUT2D eigenvalue weighted by Gasteiger charge is -2.29. The quantitative estimate of drug-likeness (QED) is 0.464. The Labute approximate surface area is 174 Å². The number of benzene rings is 3. The molecule has 152 valence electrons. The van der Waals surface area contributed by atoms with Gasteiger partial charge in [-0.2, -0.15) is 0 Å². The number of ether oxygens (including phenoxy) is 2. The van der Waals surface area contributed by atoms with Gasteiger partial charge in [0, 0.05) is 16.9 Å². The molecule has 0 atom stereocenters. The lowest BCUT2D eigenvalue weighted by atomic mass is 9.98. The second kappa shape index (κ2) is 8.78. The number of aryl methyl sites for hydroxylation is 2. The average molecular weight is 417 g/mol. The molecule has 1 heterocycles. The van der Waals surface area contributed by atoms with Crippen LogP contribution >= 0.6 is 11.6 Å². The summed E-state index contributed by atoms with van der Waals surface area (Å²) in [6, 6.07) is 14.0. The van der Waals surface area contributed by atoms with Crippen molar-refractivity contribution in [2.75, 3.05) is 13.2 Å². The van der Waals surface area contributed by atoms with Crippen LogP contribution in [0.4, 0.5) is 8.78 Å². The van der Waals surface area contributed by atoms with Crippen molar-refractivity contribution in [3.05, 3.63) is 81.9 Å². The first-order valence-corrected chi connectivity index (χ1v) is 10.3. The van der Waals surface area contributed by atoms with Gasteiger partial charge in [-0.15, -0.1) is 0 Å². The van der Waals surface area contributed by atoms with Gasteiger partial charge in [0.25, 0.3) is 0 Å². The summed E-state index contributed by atoms with van der Waals surface area (Å²) in [6.45, 7) is 3.48. The third kappa shape index (κ3) is 4.45. The summed E-state index contributed by atoms with van der Waals surface area (Å²) in [5.74, 6) is -0.256. The second-order valence-electron chi connectivity index (χ2n) is 7.54. The SMILES string of the molecule is CCC1COC(c2ccc3c(F)c(CCc4ccc(Cl)c(F)c4)ccc3c2)OC1. The van der Waals surface area contributed by atoms with Gasteiger partial charge in [0.1, 0.15) is 11.6 Å². The predicted octanol–water partition coefficient (Wildman–Crippen LogP) is 6.63. The Bertz CT molecular complexity index is 1010. The summed E-state index contributed by atoms with van der Waals surface area (Å²) in [7, 11) is 0. The summed E-state index contributed by atoms with van der Waals surface area (Å²) in [5.41, 5.74) is 2.30. The number of hydrogen-bond acceptors (Lipinski definition) is 2. The molecular weight excluding hydrogens is 394 g/mol. The molecule has 5 heteroatoms. The van der Waals surface area contributed by atoms with E-state index in [4.69, 9.17) is 21.1 Å². The number of fused-ring (bicyclic) bond motifs is 1. The van der Waals surface area contributed by atoms with Crippen LogP contribution in [0.2, 0.25) is 5.02 Å². The highest BCUT2D eigenvalue weighted by Gasteiger charge is 2.23. The second-order valence-corrected chi connectivity index (χ2v) is 7.95. The molecule has 0 bridgehead atoms. The zero-order valence-electron chi connectivity index (χ0n) is 16.3. The first-order valence-electron chi connectivity index (χ1n) is 9.93. The first-order chi connectivity index (χ1) is 14.0. The molecule has 0 amide bonds. The van der Waals surface area contributed by atoms with Crippen LogP contribution in [0.3, 0.4) is 0 Å². The maximum atomic E-state index is 15.0. The summed E-state index contributed by atoms with van der Waals surface area (Å²) in [5, 5.41) is 1.47. The van der Waals surface area contributed by atoms with E-state index in [0.717, 1.165) is 22.9 Å². The first kappa shape index (κ1) is 20.3. The zero-order valence-corrected chi connectivity index (χ0v) is 17.0. The summed E-state index contributed by atoms with van der Waals surface area (Å²) in [6.07, 6.45) is 1.65. The molecule has 0 aromatic heterocycles. The largest absolute Gasteiger partial charge is 0.348 e. The van der Waals surface area contributed by atoms with Crippen LogP contribution < -0.4 is 0 Å². The van der Waals surface area contributed by atoms with Crippen LogP contribution in [0.5, 0.6) is 0 Å². The number of halogens is 3. The lowest BCUT2D eigenvalue weighted by molar-refractivity contribution is -0.205. The molecule has 0 aliphatic carbocycles. The molecule has 4 rings (SSSR count). The minimum atomic E-state index is -0.451. The minimum absolute atomic E-state index is 0.0950. The van der Waals surface area contributed by atoms with Crippen LogP contribution in [-0.2, 0) is 22.3 Å². The van der Waals surface area contributed by atoms with Crippen LogP contribution in [0, 0.1) is 17.6 Å². The molecule has 3 aromatic carbocycles. The van der Waals surface area contributed by atoms with Crippen molar-refractivity contribution in [3.63, 3.8) is 0 Å². The van der Waals surface area contributed by atoms with Crippen molar-refractivity contribution in [3.8, 4) is 0 Å². The predicted molar refractivity (Wildman–Crippen MR) is 111 cm³/mol. The zero-order chi connectivity index (χ0) is 20.4. The molecule has 0 radical (unpaired) electrons. The molecule has 0 saturated carbocycles. The van der Waals surface area contributed by atoms with E-state index in [9.17, 15) is 4.39 Å². The van der Waals surface area contributed by atoms with Gasteiger partial charge in [-0.1, -0.05) is 48.9 Å². The lowest BCUT2D eigenvalue weighted by Crippen LogP contribution is -2.26. The van der Waals surface area contributed by atoms with Gasteiger partial charge in [-0.3, -0.25) is 0 Å². The summed E-state index contributed by atoms with van der Waals surface area (Å²) >= 11 is 5.72. The van der Waals surface area contributed by atoms with Gasteiger partial charge in [0.05, 0.1) is 18.2 Å². The fourth-order valence-corrected chi connectivity index (χ4v) is 3.76. The van der Waals surface area contributed by atoms with Gasteiger partial charge < -0.3 is 9.47 Å². The van der Waals surface area contributed by atoms with E-state index >= 15 is 4.39 Å². The van der Waals surface area contributed by atoms with Gasteiger partial charge >= 0.3 is 0 Å². The molecule has 1 fully saturated rings. The average Bonchev–Trinajstić information content (AvgIpc) is 2.75. The van der Waals surface area contributed by atoms with Crippen molar-refractivity contribution in [1.29, 1.82) is 0 Å². The maximum absolute atomic E-state index is 15.0. The molecule has 29 heavy (non-hydrogen) atoms. The Morgan fingerprint density at radius 3 is 2.48 bits per heavy atom. The van der Waals surface area contributed by atoms with Crippen molar-refractivity contribution < 1.29 is 18.3 Å². The van der Waals surface area contributed by atoms with Crippen molar-refractivity contribution in [1.82, 2.24) is 0 Å². The Hall–Kier alpha value is -2.01. The Morgan fingerprint density at radius 2 is 1.76 bits per heavy atom. The van der Waals surface area contributed by atoms with Crippen molar-refractivity contribution in [2.24, 2.45) is 5.92 Å². The fourth-order valence-electron chi connectivity index (χ4n) is 3.64. The highest BCUT2D eigenvalue weighted by molar-refractivity contribution is 6.30. The van der Waals surface area contributed by atoms with Gasteiger partial charge in [0.2, 0.25) is 0 Å². The summed E-state index contributed by atoms with van der Waals surface area (Å²) in [4.78, 5) is 0. The highest BCUT2D eigenvalue weighted by Crippen LogP contribution is 2.30. The third-order valence-electron chi connectivity index (χ3n) is 5.54. The molecular formula is C24H23ClF2O2. The summed E-state index contributed by atoms with van der Waals surface area (Å²) < 4.78 is 40.3. The van der Waals surface area contributed by atoms with E-state index in [-0.39, 0.29) is 10.8 Å². The Morgan fingerprint density at radius 1 is 0.966 bits per heavy atom. The molecule has 1 saturated heterocycles. The Kier molecular flexibility index (Phi) is 6.14. The standard InChI is InChI=1S/C24H23ClF2O2/c1-2-15-13-28-24(29-14-15)19-8-9-20-18(12-19)7-6-17(23(20)27)5-3-16-4-10-21(25)22(26)11-16/h4,6-12,15,24H,2-3,5,13-14H2,1H3. The van der Waals surface area contributed by atoms with Crippen LogP contribution in [0.25, 0.3) is 10.8 Å². The van der Waals surface area contributed by atoms with Crippen LogP contribution in [0.1, 0.15) is 36.3 Å². The molecule has 0 spiro atoms. The van der Waals surface area contributed by atoms with E-state index in [0.29, 0.717) is 42.9 Å². The van der Waals surface area contributed by atoms with Crippen molar-refractivity contribution in [2.45, 2.75) is 32.5 Å². The molecule has 2 nitrogen and oxygen atoms in total. The third-order valence-corrected chi connectivity index (χ3v) is 5.85. The van der Waals surface area contributed by atoms with E-state index < -0.39 is 12.1 Å². The smallest absolute Gasteiger partial charge is 0.183 e. The highest BCUT2D eigenvalue weighted by atomic mass is 35.5. The fraction of sp³-hybridized carbons (Fsp3) is 0.333. The maximum Gasteiger partial charge on any atom is 0.183 e.